The summed E-state index contributed by atoms with van der Waals surface area (Å²) in [6.45, 7) is 2.49. The zero-order valence-corrected chi connectivity index (χ0v) is 21.3. The summed E-state index contributed by atoms with van der Waals surface area (Å²) < 4.78 is 2.06. The number of nitrogens with two attached hydrogens (primary N) is 1. The Morgan fingerprint density at radius 3 is 2.62 bits per heavy atom. The van der Waals surface area contributed by atoms with Crippen LogP contribution in [-0.2, 0) is 0 Å². The zero-order valence-electron chi connectivity index (χ0n) is 21.3. The van der Waals surface area contributed by atoms with E-state index in [0.717, 1.165) is 57.1 Å². The predicted octanol–water partition coefficient (Wildman–Crippen LogP) is 2.09. The molecule has 2 unspecified atom stereocenters. The van der Waals surface area contributed by atoms with E-state index >= 15 is 0 Å². The Morgan fingerprint density at radius 1 is 1.11 bits per heavy atom. The van der Waals surface area contributed by atoms with E-state index in [1.165, 1.54) is 5.01 Å². The molecule has 2 aliphatic heterocycles. The van der Waals surface area contributed by atoms with Crippen LogP contribution in [0.25, 0.3) is 11.0 Å². The average Bonchev–Trinajstić information content (AvgIpc) is 3.65. The first-order chi connectivity index (χ1) is 17.9. The molecule has 1 saturated carbocycles. The van der Waals surface area contributed by atoms with Crippen molar-refractivity contribution in [2.75, 3.05) is 38.7 Å². The summed E-state index contributed by atoms with van der Waals surface area (Å²) in [6, 6.07) is 5.94. The maximum Gasteiger partial charge on any atom is 0.270 e. The summed E-state index contributed by atoms with van der Waals surface area (Å²) in [7, 11) is 3.51. The number of nitrogens with one attached hydrogen (secondary N) is 1. The van der Waals surface area contributed by atoms with Crippen LogP contribution < -0.4 is 16.2 Å². The maximum atomic E-state index is 13.0. The van der Waals surface area contributed by atoms with Crippen molar-refractivity contribution in [3.8, 4) is 0 Å². The van der Waals surface area contributed by atoms with Gasteiger partial charge in [0.25, 0.3) is 11.8 Å². The highest BCUT2D eigenvalue weighted by atomic mass is 16.2. The van der Waals surface area contributed by atoms with E-state index in [1.807, 2.05) is 11.0 Å². The molecule has 2 amide bonds. The van der Waals surface area contributed by atoms with Gasteiger partial charge in [-0.05, 0) is 43.4 Å². The number of hydrogen-bond donors (Lipinski definition) is 2. The normalized spacial score (nSPS) is 21.5. The number of amides is 2. The maximum absolute atomic E-state index is 13.0. The molecule has 3 aliphatic rings. The molecule has 0 aromatic carbocycles. The Morgan fingerprint density at radius 2 is 1.92 bits per heavy atom. The molecule has 11 heteroatoms. The molecule has 11 nitrogen and oxygen atoms in total. The molecule has 3 N–H and O–H groups in total. The lowest BCUT2D eigenvalue weighted by Crippen LogP contribution is -2.44. The number of carbonyl (C=O) groups is 2. The Kier molecular flexibility index (Phi) is 6.04. The van der Waals surface area contributed by atoms with Crippen LogP contribution in [0.2, 0.25) is 0 Å². The molecule has 6 rings (SSSR count). The predicted molar refractivity (Wildman–Crippen MR) is 139 cm³/mol. The van der Waals surface area contributed by atoms with E-state index in [1.54, 1.807) is 43.5 Å². The Balaban J connectivity index is 1.27. The number of carbonyl (C=O) groups excluding carboxylic acids is 2. The molecule has 0 radical (unpaired) electrons. The van der Waals surface area contributed by atoms with Gasteiger partial charge in [0.15, 0.2) is 0 Å². The average molecular weight is 504 g/mol. The lowest BCUT2D eigenvalue weighted by atomic mass is 9.99. The lowest BCUT2D eigenvalue weighted by molar-refractivity contribution is 0.0691. The number of fused-ring (bicyclic) bond motifs is 3. The monoisotopic (exact) mass is 503 g/mol. The van der Waals surface area contributed by atoms with Gasteiger partial charge in [0, 0.05) is 63.6 Å². The van der Waals surface area contributed by atoms with Crippen molar-refractivity contribution in [3.05, 3.63) is 41.9 Å². The number of hydrogen-bond acceptors (Lipinski definition) is 8. The van der Waals surface area contributed by atoms with E-state index < -0.39 is 0 Å². The largest absolute Gasteiger partial charge is 0.343 e. The molecule has 3 aromatic heterocycles. The topological polar surface area (TPSA) is 126 Å². The molecular weight excluding hydrogens is 470 g/mol. The molecule has 0 spiro atoms. The van der Waals surface area contributed by atoms with Crippen molar-refractivity contribution in [1.82, 2.24) is 34.6 Å². The third-order valence-electron chi connectivity index (χ3n) is 7.86. The van der Waals surface area contributed by atoms with Crippen LogP contribution in [0.15, 0.2) is 30.6 Å². The fourth-order valence-corrected chi connectivity index (χ4v) is 5.98. The SMILES string of the molecule is CN(C)C(=O)c1cc2cnc(N(N)c3ccc(C(=O)N4CC5CNC(C5)C4)cn3)nc2n1C1CCCC1. The number of pyridine rings is 1. The lowest BCUT2D eigenvalue weighted by Gasteiger charge is -2.31. The Labute approximate surface area is 215 Å². The van der Waals surface area contributed by atoms with Crippen LogP contribution in [0.3, 0.4) is 0 Å². The van der Waals surface area contributed by atoms with E-state index in [0.29, 0.717) is 34.7 Å². The quantitative estimate of drug-likeness (QED) is 0.401. The van der Waals surface area contributed by atoms with Crippen LogP contribution in [0.5, 0.6) is 0 Å². The third-order valence-corrected chi connectivity index (χ3v) is 7.86. The summed E-state index contributed by atoms with van der Waals surface area (Å²) in [4.78, 5) is 43.2. The molecular formula is C26H33N9O2. The van der Waals surface area contributed by atoms with Crippen molar-refractivity contribution in [2.24, 2.45) is 11.8 Å². The molecule has 2 saturated heterocycles. The minimum Gasteiger partial charge on any atom is -0.343 e. The van der Waals surface area contributed by atoms with Gasteiger partial charge in [-0.25, -0.2) is 20.8 Å². The van der Waals surface area contributed by atoms with Crippen molar-refractivity contribution in [2.45, 2.75) is 44.2 Å². The second-order valence-corrected chi connectivity index (χ2v) is 10.7. The molecule has 2 atom stereocenters. The van der Waals surface area contributed by atoms with Crippen molar-refractivity contribution in [1.29, 1.82) is 0 Å². The van der Waals surface area contributed by atoms with Gasteiger partial charge < -0.3 is 19.7 Å². The minimum atomic E-state index is -0.0597. The van der Waals surface area contributed by atoms with Gasteiger partial charge in [-0.1, -0.05) is 12.8 Å². The molecule has 3 fully saturated rings. The smallest absolute Gasteiger partial charge is 0.270 e. The summed E-state index contributed by atoms with van der Waals surface area (Å²) in [6.07, 6.45) is 8.68. The van der Waals surface area contributed by atoms with Gasteiger partial charge in [-0.15, -0.1) is 0 Å². The van der Waals surface area contributed by atoms with Crippen LogP contribution >= 0.6 is 0 Å². The molecule has 37 heavy (non-hydrogen) atoms. The Hall–Kier alpha value is -3.57. The van der Waals surface area contributed by atoms with Gasteiger partial charge in [-0.2, -0.15) is 4.98 Å². The van der Waals surface area contributed by atoms with Crippen molar-refractivity contribution >= 4 is 34.6 Å². The zero-order chi connectivity index (χ0) is 25.7. The van der Waals surface area contributed by atoms with Crippen LogP contribution in [0.1, 0.15) is 59.0 Å². The fraction of sp³-hybridized carbons (Fsp3) is 0.500. The van der Waals surface area contributed by atoms with E-state index in [9.17, 15) is 9.59 Å². The van der Waals surface area contributed by atoms with Gasteiger partial charge in [0.1, 0.15) is 17.2 Å². The third kappa shape index (κ3) is 4.31. The number of anilines is 2. The minimum absolute atomic E-state index is 0.00818. The summed E-state index contributed by atoms with van der Waals surface area (Å²) in [5, 5.41) is 5.59. The number of likely N-dealkylation sites (tertiary alicyclic amines) is 1. The van der Waals surface area contributed by atoms with E-state index in [2.05, 4.69) is 19.9 Å². The number of aromatic nitrogens is 4. The highest BCUT2D eigenvalue weighted by molar-refractivity contribution is 5.98. The number of piperidine rings is 1. The van der Waals surface area contributed by atoms with Gasteiger partial charge in [0.05, 0.1) is 5.56 Å². The van der Waals surface area contributed by atoms with Gasteiger partial charge in [-0.3, -0.25) is 9.59 Å². The molecule has 3 aromatic rings. The number of hydrazine groups is 1. The molecule has 1 aliphatic carbocycles. The summed E-state index contributed by atoms with van der Waals surface area (Å²) in [5.41, 5.74) is 1.85. The van der Waals surface area contributed by atoms with Crippen LogP contribution in [-0.4, -0.2) is 80.9 Å². The van der Waals surface area contributed by atoms with Crippen molar-refractivity contribution < 1.29 is 9.59 Å². The second kappa shape index (κ2) is 9.38. The fourth-order valence-electron chi connectivity index (χ4n) is 5.98. The van der Waals surface area contributed by atoms with Gasteiger partial charge in [0.2, 0.25) is 5.95 Å². The van der Waals surface area contributed by atoms with Gasteiger partial charge >= 0.3 is 0 Å². The van der Waals surface area contributed by atoms with Crippen molar-refractivity contribution in [3.63, 3.8) is 0 Å². The van der Waals surface area contributed by atoms with Crippen LogP contribution in [0, 0.1) is 5.92 Å². The first-order valence-corrected chi connectivity index (χ1v) is 13.0. The first-order valence-electron chi connectivity index (χ1n) is 13.0. The highest BCUT2D eigenvalue weighted by Crippen LogP contribution is 2.35. The number of rotatable bonds is 5. The summed E-state index contributed by atoms with van der Waals surface area (Å²) in [5.74, 6) is 7.56. The molecule has 194 valence electrons. The number of nitrogens with zero attached hydrogens (tertiary/aromatic N) is 7. The first kappa shape index (κ1) is 23.8. The summed E-state index contributed by atoms with van der Waals surface area (Å²) >= 11 is 0. The standard InChI is InChI=1S/C26H33N9O2/c1-32(2)25(37)21-10-18-13-30-26(31-23(18)34(21)20-5-3-4-6-20)35(27)22-8-7-17(12-29-22)24(36)33-14-16-9-19(15-33)28-11-16/h7-8,10,12-13,16,19-20,28H,3-6,9,11,14-15,27H2,1-2H3. The molecule has 2 bridgehead atoms. The molecule has 5 heterocycles. The van der Waals surface area contributed by atoms with E-state index in [-0.39, 0.29) is 23.8 Å². The van der Waals surface area contributed by atoms with Crippen LogP contribution in [0.4, 0.5) is 11.8 Å². The second-order valence-electron chi connectivity index (χ2n) is 10.7. The highest BCUT2D eigenvalue weighted by Gasteiger charge is 2.35. The Bertz CT molecular complexity index is 1320. The van der Waals surface area contributed by atoms with E-state index in [4.69, 9.17) is 10.8 Å².